The molecule has 5 nitrogen and oxygen atoms in total. The van der Waals surface area contributed by atoms with E-state index in [0.29, 0.717) is 0 Å². The van der Waals surface area contributed by atoms with Crippen LogP contribution in [0.1, 0.15) is 29.2 Å². The van der Waals surface area contributed by atoms with Gasteiger partial charge in [-0.05, 0) is 43.5 Å². The maximum Gasteiger partial charge on any atom is 0.237 e. The lowest BCUT2D eigenvalue weighted by atomic mass is 10.0. The van der Waals surface area contributed by atoms with Crippen LogP contribution in [0.2, 0.25) is 0 Å². The average Bonchev–Trinajstić information content (AvgIpc) is 2.73. The molecule has 0 aliphatic heterocycles. The number of fused-ring (bicyclic) bond motifs is 1. The summed E-state index contributed by atoms with van der Waals surface area (Å²) in [6.07, 6.45) is 1.75. The van der Waals surface area contributed by atoms with Gasteiger partial charge in [0, 0.05) is 0 Å². The van der Waals surface area contributed by atoms with E-state index in [4.69, 9.17) is 0 Å². The molecule has 0 aromatic heterocycles. The number of hydrogen-bond donors (Lipinski definition) is 2. The Morgan fingerprint density at radius 1 is 1.42 bits per heavy atom. The van der Waals surface area contributed by atoms with Crippen LogP contribution < -0.4 is 10.0 Å². The third-order valence-electron chi connectivity index (χ3n) is 3.47. The third kappa shape index (κ3) is 3.13. The first-order valence-corrected chi connectivity index (χ1v) is 7.87. The Kier molecular flexibility index (Phi) is 3.91. The standard InChI is InChI=1S/C13H18N2O3S/c1-9-4-3-5-11-10(9)6-7-12(11)15-13(16)8-19(17,18)14-2/h3-5,12,14H,6-8H2,1-2H3,(H,15,16)/t12-/m1/s1. The Morgan fingerprint density at radius 3 is 2.84 bits per heavy atom. The minimum absolute atomic E-state index is 0.0746. The molecule has 0 bridgehead atoms. The second-order valence-corrected chi connectivity index (χ2v) is 6.69. The Hall–Kier alpha value is -1.40. The molecule has 1 aromatic rings. The molecule has 1 aliphatic carbocycles. The molecular formula is C13H18N2O3S. The summed E-state index contributed by atoms with van der Waals surface area (Å²) in [6, 6.07) is 5.93. The molecule has 0 unspecified atom stereocenters. The summed E-state index contributed by atoms with van der Waals surface area (Å²) in [5, 5.41) is 2.79. The van der Waals surface area contributed by atoms with Gasteiger partial charge in [-0.3, -0.25) is 4.79 Å². The first kappa shape index (κ1) is 14.0. The van der Waals surface area contributed by atoms with Gasteiger partial charge in [0.1, 0.15) is 5.75 Å². The van der Waals surface area contributed by atoms with Crippen molar-refractivity contribution in [3.05, 3.63) is 34.9 Å². The van der Waals surface area contributed by atoms with Gasteiger partial charge in [-0.2, -0.15) is 0 Å². The van der Waals surface area contributed by atoms with Crippen molar-refractivity contribution < 1.29 is 13.2 Å². The molecule has 1 aliphatic rings. The van der Waals surface area contributed by atoms with Crippen molar-refractivity contribution in [2.45, 2.75) is 25.8 Å². The average molecular weight is 282 g/mol. The summed E-state index contributed by atoms with van der Waals surface area (Å²) >= 11 is 0. The molecule has 0 saturated carbocycles. The van der Waals surface area contributed by atoms with Crippen molar-refractivity contribution >= 4 is 15.9 Å². The highest BCUT2D eigenvalue weighted by Crippen LogP contribution is 2.32. The Bertz CT molecular complexity index is 596. The van der Waals surface area contributed by atoms with E-state index in [2.05, 4.69) is 23.0 Å². The minimum Gasteiger partial charge on any atom is -0.348 e. The zero-order chi connectivity index (χ0) is 14.0. The lowest BCUT2D eigenvalue weighted by Crippen LogP contribution is -2.36. The fourth-order valence-electron chi connectivity index (χ4n) is 2.47. The van der Waals surface area contributed by atoms with Crippen LogP contribution in [0.3, 0.4) is 0 Å². The monoisotopic (exact) mass is 282 g/mol. The SMILES string of the molecule is CNS(=O)(=O)CC(=O)N[C@@H]1CCc2c(C)cccc21. The van der Waals surface area contributed by atoms with Crippen LogP contribution in [0.4, 0.5) is 0 Å². The van der Waals surface area contributed by atoms with E-state index in [1.165, 1.54) is 18.2 Å². The molecule has 19 heavy (non-hydrogen) atoms. The summed E-state index contributed by atoms with van der Waals surface area (Å²) in [5.74, 6) is -0.991. The number of hydrogen-bond acceptors (Lipinski definition) is 3. The highest BCUT2D eigenvalue weighted by Gasteiger charge is 2.26. The number of nitrogens with one attached hydrogen (secondary N) is 2. The van der Waals surface area contributed by atoms with E-state index >= 15 is 0 Å². The molecule has 0 spiro atoms. The zero-order valence-corrected chi connectivity index (χ0v) is 11.9. The predicted octanol–water partition coefficient (Wildman–Crippen LogP) is 0.648. The van der Waals surface area contributed by atoms with Gasteiger partial charge in [0.2, 0.25) is 15.9 Å². The summed E-state index contributed by atoms with van der Waals surface area (Å²) in [7, 11) is -2.21. The first-order valence-electron chi connectivity index (χ1n) is 6.22. The van der Waals surface area contributed by atoms with Crippen LogP contribution in [-0.4, -0.2) is 27.1 Å². The van der Waals surface area contributed by atoms with E-state index in [1.54, 1.807) is 0 Å². The Morgan fingerprint density at radius 2 is 2.16 bits per heavy atom. The van der Waals surface area contributed by atoms with Crippen molar-refractivity contribution in [2.75, 3.05) is 12.8 Å². The van der Waals surface area contributed by atoms with Crippen LogP contribution in [0.5, 0.6) is 0 Å². The van der Waals surface area contributed by atoms with Gasteiger partial charge < -0.3 is 5.32 Å². The second kappa shape index (κ2) is 5.30. The van der Waals surface area contributed by atoms with Crippen molar-refractivity contribution in [3.8, 4) is 0 Å². The number of carbonyl (C=O) groups is 1. The fourth-order valence-corrected chi connectivity index (χ4v) is 3.04. The maximum absolute atomic E-state index is 11.7. The van der Waals surface area contributed by atoms with Crippen LogP contribution in [0, 0.1) is 6.92 Å². The molecule has 0 fully saturated rings. The normalized spacial score (nSPS) is 18.1. The molecule has 1 amide bonds. The summed E-state index contributed by atoms with van der Waals surface area (Å²) in [4.78, 5) is 11.7. The van der Waals surface area contributed by atoms with Crippen molar-refractivity contribution in [3.63, 3.8) is 0 Å². The topological polar surface area (TPSA) is 75.3 Å². The molecule has 0 saturated heterocycles. The number of amides is 1. The lowest BCUT2D eigenvalue weighted by molar-refractivity contribution is -0.119. The molecule has 0 radical (unpaired) electrons. The van der Waals surface area contributed by atoms with Gasteiger partial charge in [0.15, 0.2) is 0 Å². The smallest absolute Gasteiger partial charge is 0.237 e. The van der Waals surface area contributed by atoms with E-state index in [0.717, 1.165) is 18.4 Å². The molecule has 2 rings (SSSR count). The van der Waals surface area contributed by atoms with Crippen molar-refractivity contribution in [1.29, 1.82) is 0 Å². The van der Waals surface area contributed by atoms with E-state index < -0.39 is 21.7 Å². The minimum atomic E-state index is -3.51. The van der Waals surface area contributed by atoms with E-state index in [9.17, 15) is 13.2 Å². The third-order valence-corrected chi connectivity index (χ3v) is 4.74. The quantitative estimate of drug-likeness (QED) is 0.851. The van der Waals surface area contributed by atoms with Crippen molar-refractivity contribution in [1.82, 2.24) is 10.0 Å². The highest BCUT2D eigenvalue weighted by atomic mass is 32.2. The van der Waals surface area contributed by atoms with Crippen LogP contribution in [0.25, 0.3) is 0 Å². The lowest BCUT2D eigenvalue weighted by Gasteiger charge is -2.14. The summed E-state index contributed by atoms with van der Waals surface area (Å²) in [6.45, 7) is 2.05. The highest BCUT2D eigenvalue weighted by molar-refractivity contribution is 7.90. The van der Waals surface area contributed by atoms with Gasteiger partial charge in [-0.15, -0.1) is 0 Å². The molecule has 0 heterocycles. The van der Waals surface area contributed by atoms with E-state index in [-0.39, 0.29) is 6.04 Å². The molecular weight excluding hydrogens is 264 g/mol. The number of rotatable bonds is 4. The molecule has 1 aromatic carbocycles. The summed E-state index contributed by atoms with van der Waals surface area (Å²) < 4.78 is 24.8. The summed E-state index contributed by atoms with van der Waals surface area (Å²) in [5.41, 5.74) is 3.59. The van der Waals surface area contributed by atoms with Gasteiger partial charge in [0.05, 0.1) is 6.04 Å². The second-order valence-electron chi connectivity index (χ2n) is 4.76. The molecule has 6 heteroatoms. The van der Waals surface area contributed by atoms with Gasteiger partial charge in [0.25, 0.3) is 0 Å². The van der Waals surface area contributed by atoms with Crippen LogP contribution in [-0.2, 0) is 21.2 Å². The number of aryl methyl sites for hydroxylation is 1. The van der Waals surface area contributed by atoms with Crippen LogP contribution >= 0.6 is 0 Å². The Labute approximate surface area is 113 Å². The zero-order valence-electron chi connectivity index (χ0n) is 11.1. The van der Waals surface area contributed by atoms with E-state index in [1.807, 2.05) is 12.1 Å². The van der Waals surface area contributed by atoms with Gasteiger partial charge in [-0.25, -0.2) is 13.1 Å². The predicted molar refractivity (Wildman–Crippen MR) is 73.2 cm³/mol. The Balaban J connectivity index is 2.08. The van der Waals surface area contributed by atoms with Crippen molar-refractivity contribution in [2.24, 2.45) is 0 Å². The molecule has 1 atom stereocenters. The number of carbonyl (C=O) groups excluding carboxylic acids is 1. The van der Waals surface area contributed by atoms with Gasteiger partial charge in [-0.1, -0.05) is 18.2 Å². The fraction of sp³-hybridized carbons (Fsp3) is 0.462. The first-order chi connectivity index (χ1) is 8.93. The largest absolute Gasteiger partial charge is 0.348 e. The maximum atomic E-state index is 11.7. The number of sulfonamides is 1. The van der Waals surface area contributed by atoms with Crippen LogP contribution in [0.15, 0.2) is 18.2 Å². The molecule has 2 N–H and O–H groups in total. The van der Waals surface area contributed by atoms with Gasteiger partial charge >= 0.3 is 0 Å². The molecule has 104 valence electrons. The number of benzene rings is 1.